The molecule has 0 saturated carbocycles. The van der Waals surface area contributed by atoms with Gasteiger partial charge in [-0.2, -0.15) is 0 Å². The highest BCUT2D eigenvalue weighted by atomic mass is 35.5. The van der Waals surface area contributed by atoms with Gasteiger partial charge in [-0.25, -0.2) is 0 Å². The molecule has 1 rings (SSSR count). The SMILES string of the molecule is OCCCNCc1ccccc1Cl. The zero-order valence-electron chi connectivity index (χ0n) is 7.46. The molecule has 0 radical (unpaired) electrons. The summed E-state index contributed by atoms with van der Waals surface area (Å²) in [6.45, 7) is 1.82. The second-order valence-electron chi connectivity index (χ2n) is 2.85. The van der Waals surface area contributed by atoms with E-state index in [1.54, 1.807) is 0 Å². The maximum absolute atomic E-state index is 8.55. The van der Waals surface area contributed by atoms with Gasteiger partial charge in [0.1, 0.15) is 0 Å². The summed E-state index contributed by atoms with van der Waals surface area (Å²) >= 11 is 5.95. The van der Waals surface area contributed by atoms with Crippen molar-refractivity contribution in [2.45, 2.75) is 13.0 Å². The highest BCUT2D eigenvalue weighted by molar-refractivity contribution is 6.31. The molecule has 0 saturated heterocycles. The van der Waals surface area contributed by atoms with Gasteiger partial charge in [-0.1, -0.05) is 29.8 Å². The van der Waals surface area contributed by atoms with Gasteiger partial charge in [0.25, 0.3) is 0 Å². The van der Waals surface area contributed by atoms with Gasteiger partial charge in [0.15, 0.2) is 0 Å². The van der Waals surface area contributed by atoms with Crippen LogP contribution in [0.15, 0.2) is 24.3 Å². The van der Waals surface area contributed by atoms with Crippen LogP contribution in [-0.4, -0.2) is 18.3 Å². The zero-order chi connectivity index (χ0) is 9.52. The fourth-order valence-corrected chi connectivity index (χ4v) is 1.27. The third kappa shape index (κ3) is 3.77. The molecule has 3 heteroatoms. The smallest absolute Gasteiger partial charge is 0.0450 e. The predicted octanol–water partition coefficient (Wildman–Crippen LogP) is 1.81. The van der Waals surface area contributed by atoms with E-state index in [-0.39, 0.29) is 6.61 Å². The van der Waals surface area contributed by atoms with E-state index < -0.39 is 0 Å². The molecular formula is C10H14ClNO. The van der Waals surface area contributed by atoms with Crippen molar-refractivity contribution in [1.82, 2.24) is 5.32 Å². The van der Waals surface area contributed by atoms with Crippen molar-refractivity contribution in [2.75, 3.05) is 13.2 Å². The number of hydrogen-bond acceptors (Lipinski definition) is 2. The molecule has 0 amide bonds. The van der Waals surface area contributed by atoms with Crippen LogP contribution in [0.1, 0.15) is 12.0 Å². The number of hydrogen-bond donors (Lipinski definition) is 2. The summed E-state index contributed by atoms with van der Waals surface area (Å²) in [7, 11) is 0. The lowest BCUT2D eigenvalue weighted by atomic mass is 10.2. The third-order valence-corrected chi connectivity index (χ3v) is 2.15. The molecule has 0 aliphatic heterocycles. The van der Waals surface area contributed by atoms with E-state index in [2.05, 4.69) is 5.32 Å². The fraction of sp³-hybridized carbons (Fsp3) is 0.400. The van der Waals surface area contributed by atoms with Crippen LogP contribution in [0, 0.1) is 0 Å². The largest absolute Gasteiger partial charge is 0.396 e. The van der Waals surface area contributed by atoms with E-state index in [0.717, 1.165) is 30.1 Å². The van der Waals surface area contributed by atoms with Crippen LogP contribution < -0.4 is 5.32 Å². The summed E-state index contributed by atoms with van der Waals surface area (Å²) in [5, 5.41) is 12.5. The summed E-state index contributed by atoms with van der Waals surface area (Å²) in [6.07, 6.45) is 0.782. The number of rotatable bonds is 5. The molecule has 0 spiro atoms. The van der Waals surface area contributed by atoms with Crippen molar-refractivity contribution < 1.29 is 5.11 Å². The minimum atomic E-state index is 0.232. The van der Waals surface area contributed by atoms with Gasteiger partial charge in [-0.3, -0.25) is 0 Å². The first-order valence-electron chi connectivity index (χ1n) is 4.39. The Kier molecular flexibility index (Phi) is 4.83. The van der Waals surface area contributed by atoms with E-state index in [1.165, 1.54) is 0 Å². The van der Waals surface area contributed by atoms with Crippen LogP contribution in [0.5, 0.6) is 0 Å². The van der Waals surface area contributed by atoms with Crippen LogP contribution in [0.3, 0.4) is 0 Å². The molecule has 0 aromatic heterocycles. The van der Waals surface area contributed by atoms with Crippen molar-refractivity contribution in [3.63, 3.8) is 0 Å². The third-order valence-electron chi connectivity index (χ3n) is 1.78. The first kappa shape index (κ1) is 10.5. The van der Waals surface area contributed by atoms with E-state index in [0.29, 0.717) is 0 Å². The molecule has 13 heavy (non-hydrogen) atoms. The van der Waals surface area contributed by atoms with E-state index in [4.69, 9.17) is 16.7 Å². The van der Waals surface area contributed by atoms with Gasteiger partial charge in [-0.15, -0.1) is 0 Å². The lowest BCUT2D eigenvalue weighted by Crippen LogP contribution is -2.15. The molecule has 0 heterocycles. The standard InChI is InChI=1S/C10H14ClNO/c11-10-5-2-1-4-9(10)8-12-6-3-7-13/h1-2,4-5,12-13H,3,6-8H2. The zero-order valence-corrected chi connectivity index (χ0v) is 8.22. The second kappa shape index (κ2) is 5.97. The maximum atomic E-state index is 8.55. The Balaban J connectivity index is 2.32. The number of aliphatic hydroxyl groups excluding tert-OH is 1. The summed E-state index contributed by atoms with van der Waals surface area (Å²) in [4.78, 5) is 0. The maximum Gasteiger partial charge on any atom is 0.0450 e. The molecule has 0 bridgehead atoms. The van der Waals surface area contributed by atoms with E-state index in [9.17, 15) is 0 Å². The number of benzene rings is 1. The molecule has 0 fully saturated rings. The van der Waals surface area contributed by atoms with Gasteiger partial charge in [-0.05, 0) is 24.6 Å². The monoisotopic (exact) mass is 199 g/mol. The molecule has 72 valence electrons. The lowest BCUT2D eigenvalue weighted by Gasteiger charge is -2.04. The Morgan fingerprint density at radius 3 is 2.77 bits per heavy atom. The van der Waals surface area contributed by atoms with Crippen LogP contribution in [0.4, 0.5) is 0 Å². The fourth-order valence-electron chi connectivity index (χ4n) is 1.07. The normalized spacial score (nSPS) is 10.3. The van der Waals surface area contributed by atoms with E-state index in [1.807, 2.05) is 24.3 Å². The molecule has 1 aromatic rings. The first-order chi connectivity index (χ1) is 6.34. The minimum Gasteiger partial charge on any atom is -0.396 e. The highest BCUT2D eigenvalue weighted by Crippen LogP contribution is 2.13. The highest BCUT2D eigenvalue weighted by Gasteiger charge is 1.96. The summed E-state index contributed by atoms with van der Waals surface area (Å²) in [5.74, 6) is 0. The van der Waals surface area contributed by atoms with Gasteiger partial charge >= 0.3 is 0 Å². The molecule has 0 aliphatic rings. The average Bonchev–Trinajstić information content (AvgIpc) is 2.15. The topological polar surface area (TPSA) is 32.3 Å². The van der Waals surface area contributed by atoms with Crippen molar-refractivity contribution in [3.8, 4) is 0 Å². The molecule has 2 nitrogen and oxygen atoms in total. The molecule has 0 aliphatic carbocycles. The van der Waals surface area contributed by atoms with Crippen LogP contribution in [0.2, 0.25) is 5.02 Å². The Hall–Kier alpha value is -0.570. The summed E-state index contributed by atoms with van der Waals surface area (Å²) in [5.41, 5.74) is 1.10. The quantitative estimate of drug-likeness (QED) is 0.709. The van der Waals surface area contributed by atoms with E-state index >= 15 is 0 Å². The Labute approximate surface area is 83.5 Å². The predicted molar refractivity (Wildman–Crippen MR) is 54.9 cm³/mol. The average molecular weight is 200 g/mol. The molecule has 0 unspecified atom stereocenters. The molecule has 2 N–H and O–H groups in total. The molecule has 0 atom stereocenters. The van der Waals surface area contributed by atoms with Crippen LogP contribution in [0.25, 0.3) is 0 Å². The molecular weight excluding hydrogens is 186 g/mol. The lowest BCUT2D eigenvalue weighted by molar-refractivity contribution is 0.286. The van der Waals surface area contributed by atoms with Gasteiger partial charge in [0.2, 0.25) is 0 Å². The van der Waals surface area contributed by atoms with Crippen LogP contribution in [-0.2, 0) is 6.54 Å². The first-order valence-corrected chi connectivity index (χ1v) is 4.77. The number of aliphatic hydroxyl groups is 1. The van der Waals surface area contributed by atoms with Crippen LogP contribution >= 0.6 is 11.6 Å². The Bertz CT molecular complexity index is 252. The Morgan fingerprint density at radius 2 is 2.08 bits per heavy atom. The van der Waals surface area contributed by atoms with Crippen molar-refractivity contribution in [1.29, 1.82) is 0 Å². The number of nitrogens with one attached hydrogen (secondary N) is 1. The van der Waals surface area contributed by atoms with Crippen molar-refractivity contribution in [3.05, 3.63) is 34.9 Å². The second-order valence-corrected chi connectivity index (χ2v) is 3.25. The van der Waals surface area contributed by atoms with Crippen molar-refractivity contribution >= 4 is 11.6 Å². The van der Waals surface area contributed by atoms with Crippen molar-refractivity contribution in [2.24, 2.45) is 0 Å². The Morgan fingerprint density at radius 1 is 1.31 bits per heavy atom. The molecule has 1 aromatic carbocycles. The van der Waals surface area contributed by atoms with Gasteiger partial charge in [0, 0.05) is 18.2 Å². The number of halogens is 1. The van der Waals surface area contributed by atoms with Gasteiger partial charge < -0.3 is 10.4 Å². The summed E-state index contributed by atoms with van der Waals surface area (Å²) < 4.78 is 0. The summed E-state index contributed by atoms with van der Waals surface area (Å²) in [6, 6.07) is 7.76. The van der Waals surface area contributed by atoms with Gasteiger partial charge in [0.05, 0.1) is 0 Å². The minimum absolute atomic E-state index is 0.232.